The number of benzene rings is 1. The van der Waals surface area contributed by atoms with Gasteiger partial charge in [0.1, 0.15) is 0 Å². The first-order chi connectivity index (χ1) is 22.9. The first-order valence-electron chi connectivity index (χ1n) is 17.1. The Morgan fingerprint density at radius 2 is 1.80 bits per heavy atom. The third-order valence-electron chi connectivity index (χ3n) is 8.94. The van der Waals surface area contributed by atoms with Crippen LogP contribution in [0.2, 0.25) is 0 Å². The van der Waals surface area contributed by atoms with Crippen LogP contribution in [0, 0.1) is 24.6 Å². The van der Waals surface area contributed by atoms with Crippen molar-refractivity contribution in [2.24, 2.45) is 16.9 Å². The van der Waals surface area contributed by atoms with Gasteiger partial charge >= 0.3 is 200 Å². The molecule has 1 aliphatic heterocycles. The Hall–Kier alpha value is -3.34. The number of hydrogen-bond acceptors (Lipinski definition) is 4. The van der Waals surface area contributed by atoms with Crippen molar-refractivity contribution in [3.8, 4) is 0 Å². The number of nitrogens with zero attached hydrogens (tertiary/aromatic N) is 2. The van der Waals surface area contributed by atoms with Gasteiger partial charge in [-0.2, -0.15) is 0 Å². The summed E-state index contributed by atoms with van der Waals surface area (Å²) in [6.07, 6.45) is 1.15. The van der Waals surface area contributed by atoms with Gasteiger partial charge in [0.15, 0.2) is 0 Å². The van der Waals surface area contributed by atoms with E-state index in [-0.39, 0.29) is 43.1 Å². The van der Waals surface area contributed by atoms with Crippen LogP contribution in [0.25, 0.3) is 5.57 Å². The van der Waals surface area contributed by atoms with Gasteiger partial charge in [0.2, 0.25) is 0 Å². The van der Waals surface area contributed by atoms with Crippen molar-refractivity contribution >= 4 is 30.1 Å². The van der Waals surface area contributed by atoms with E-state index in [9.17, 15) is 22.4 Å². The maximum absolute atomic E-state index is 15.6. The Labute approximate surface area is 289 Å². The molecule has 1 radical (unpaired) electrons. The third-order valence-corrected chi connectivity index (χ3v) is 8.94. The van der Waals surface area contributed by atoms with Crippen LogP contribution < -0.4 is 10.7 Å². The van der Waals surface area contributed by atoms with Gasteiger partial charge in [-0.05, 0) is 62.5 Å². The Balaban J connectivity index is 1.83. The second-order valence-electron chi connectivity index (χ2n) is 14.0. The van der Waals surface area contributed by atoms with Crippen LogP contribution in [-0.4, -0.2) is 68.0 Å². The van der Waals surface area contributed by atoms with Crippen molar-refractivity contribution in [3.05, 3.63) is 75.2 Å². The molecule has 1 aromatic carbocycles. The Morgan fingerprint density at radius 1 is 1.12 bits per heavy atom. The average Bonchev–Trinajstić information content (AvgIpc) is 3.11. The molecule has 1 aliphatic carbocycles. The molecule has 1 amide bonds. The number of likely N-dealkylation sites (tertiary alicyclic amines) is 1. The number of hydrazone groups is 1. The number of amides is 1. The van der Waals surface area contributed by atoms with Crippen LogP contribution in [0.3, 0.4) is 0 Å². The van der Waals surface area contributed by atoms with Gasteiger partial charge in [-0.15, -0.1) is 0 Å². The quantitative estimate of drug-likeness (QED) is 0.0846. The average molecular weight is 686 g/mol. The molecule has 1 saturated heterocycles. The molecule has 1 fully saturated rings. The summed E-state index contributed by atoms with van der Waals surface area (Å²) in [7, 11) is 6.06. The second-order valence-corrected chi connectivity index (χ2v) is 14.0. The molecule has 49 heavy (non-hydrogen) atoms. The zero-order valence-corrected chi connectivity index (χ0v) is 30.1. The van der Waals surface area contributed by atoms with Crippen LogP contribution in [0.1, 0.15) is 96.9 Å². The van der Waals surface area contributed by atoms with Gasteiger partial charge < -0.3 is 0 Å². The number of halogens is 5. The van der Waals surface area contributed by atoms with E-state index in [0.29, 0.717) is 36.9 Å². The zero-order chi connectivity index (χ0) is 36.6. The number of nitrogens with one attached hydrogen (secondary N) is 2. The molecule has 2 atom stereocenters. The SMILES string of the molecule is [B]=C(/C(=C\C(CCN1CC(F)C1)=N/NCC(=O)N[C@@H](CC)c1cc(C2=C(C)C=C(C)C=C(C)C2)cc(C)c1F)C(F)(F)F)C(C)CC(C)C. The van der Waals surface area contributed by atoms with Crippen molar-refractivity contribution < 1.29 is 26.7 Å². The number of allylic oxidation sites excluding steroid dienone is 8. The summed E-state index contributed by atoms with van der Waals surface area (Å²) in [6.45, 7) is 15.5. The standard InChI is InChI=1S/C38H51BF5N4O/c1-9-34(32-17-28(16-27(8)37(32)41)31-15-24(5)13-23(4)14-25(31)6)46-35(49)19-45-47-30(10-11-48-20-29(40)21-48)18-33(38(42,43)44)36(39)26(7)12-22(2)3/h13-14,16-18,22,26,29,34,45H,9-12,15,19-21H2,1-8H3,(H,46,49)/b33-18+,47-30-/t26?,34-/m0/s1. The molecule has 2 aliphatic rings. The fraction of sp³-hybridized carbons (Fsp3) is 0.553. The summed E-state index contributed by atoms with van der Waals surface area (Å²) < 4.78 is 71.6. The Bertz CT molecular complexity index is 1530. The molecule has 1 heterocycles. The van der Waals surface area contributed by atoms with E-state index in [4.69, 9.17) is 7.49 Å². The fourth-order valence-corrected chi connectivity index (χ4v) is 6.46. The van der Waals surface area contributed by atoms with E-state index in [1.165, 1.54) is 5.57 Å². The molecule has 0 aromatic heterocycles. The molecule has 11 heteroatoms. The number of aryl methyl sites for hydroxylation is 1. The maximum atomic E-state index is 15.6. The molecular weight excluding hydrogens is 634 g/mol. The number of rotatable bonds is 15. The third kappa shape index (κ3) is 11.6. The van der Waals surface area contributed by atoms with Gasteiger partial charge in [-0.3, -0.25) is 0 Å². The monoisotopic (exact) mass is 685 g/mol. The van der Waals surface area contributed by atoms with Gasteiger partial charge in [0.25, 0.3) is 0 Å². The fourth-order valence-electron chi connectivity index (χ4n) is 6.46. The van der Waals surface area contributed by atoms with Crippen molar-refractivity contribution in [1.29, 1.82) is 0 Å². The second kappa shape index (κ2) is 17.5. The molecular formula is C38H51BF5N4O. The van der Waals surface area contributed by atoms with E-state index >= 15 is 4.39 Å². The number of alkyl halides is 4. The van der Waals surface area contributed by atoms with Crippen LogP contribution in [0.4, 0.5) is 22.0 Å². The van der Waals surface area contributed by atoms with E-state index in [0.717, 1.165) is 28.4 Å². The first kappa shape index (κ1) is 40.1. The zero-order valence-electron chi connectivity index (χ0n) is 30.1. The topological polar surface area (TPSA) is 56.7 Å². The predicted octanol–water partition coefficient (Wildman–Crippen LogP) is 8.27. The molecule has 5 nitrogen and oxygen atoms in total. The molecule has 267 valence electrons. The van der Waals surface area contributed by atoms with E-state index in [1.807, 2.05) is 40.7 Å². The summed E-state index contributed by atoms with van der Waals surface area (Å²) >= 11 is 0. The molecule has 0 spiro atoms. The van der Waals surface area contributed by atoms with E-state index < -0.39 is 41.6 Å². The summed E-state index contributed by atoms with van der Waals surface area (Å²) in [5.74, 6) is -1.28. The Kier molecular flexibility index (Phi) is 14.4. The van der Waals surface area contributed by atoms with Crippen LogP contribution in [-0.2, 0) is 4.79 Å². The summed E-state index contributed by atoms with van der Waals surface area (Å²) in [6, 6.07) is 2.98. The molecule has 0 bridgehead atoms. The molecule has 3 rings (SSSR count). The predicted molar refractivity (Wildman–Crippen MR) is 192 cm³/mol. The number of carbonyl (C=O) groups excluding carboxylic acids is 1. The summed E-state index contributed by atoms with van der Waals surface area (Å²) in [5.41, 5.74) is 7.60. The first-order valence-corrected chi connectivity index (χ1v) is 17.1. The minimum atomic E-state index is -4.73. The van der Waals surface area contributed by atoms with Crippen molar-refractivity contribution in [3.63, 3.8) is 0 Å². The molecule has 1 aromatic rings. The van der Waals surface area contributed by atoms with E-state index in [1.54, 1.807) is 24.8 Å². The number of hydrogen-bond donors (Lipinski definition) is 2. The molecule has 1 unspecified atom stereocenters. The van der Waals surface area contributed by atoms with Crippen LogP contribution in [0.15, 0.2) is 57.8 Å². The normalized spacial score (nSPS) is 18.1. The van der Waals surface area contributed by atoms with Crippen LogP contribution in [0.5, 0.6) is 0 Å². The van der Waals surface area contributed by atoms with Crippen molar-refractivity contribution in [1.82, 2.24) is 15.6 Å². The summed E-state index contributed by atoms with van der Waals surface area (Å²) in [4.78, 5) is 14.9. The van der Waals surface area contributed by atoms with Gasteiger partial charge in [-0.1, -0.05) is 23.3 Å². The van der Waals surface area contributed by atoms with Gasteiger partial charge in [0.05, 0.1) is 0 Å². The van der Waals surface area contributed by atoms with E-state index in [2.05, 4.69) is 34.9 Å². The van der Waals surface area contributed by atoms with Crippen molar-refractivity contribution in [2.75, 3.05) is 26.2 Å². The van der Waals surface area contributed by atoms with Crippen LogP contribution >= 0.6 is 0 Å². The number of carbonyl (C=O) groups is 1. The minimum absolute atomic E-state index is 0.0317. The van der Waals surface area contributed by atoms with Crippen molar-refractivity contribution in [2.45, 2.75) is 99.5 Å². The molecule has 2 N–H and O–H groups in total. The van der Waals surface area contributed by atoms with Gasteiger partial charge in [0, 0.05) is 0 Å². The summed E-state index contributed by atoms with van der Waals surface area (Å²) in [5, 5.41) is 7.03. The molecule has 0 saturated carbocycles. The van der Waals surface area contributed by atoms with Gasteiger partial charge in [-0.25, -0.2) is 4.39 Å². The Morgan fingerprint density at radius 3 is 2.39 bits per heavy atom.